The van der Waals surface area contributed by atoms with Crippen molar-refractivity contribution in [1.29, 1.82) is 0 Å². The summed E-state index contributed by atoms with van der Waals surface area (Å²) in [7, 11) is -4.35. The zero-order valence-corrected chi connectivity index (χ0v) is 11.4. The highest BCUT2D eigenvalue weighted by Crippen LogP contribution is 2.35. The highest BCUT2D eigenvalue weighted by atomic mass is 32.2. The number of carboxylic acids is 1. The van der Waals surface area contributed by atoms with Crippen LogP contribution in [0, 0.1) is 5.92 Å². The Labute approximate surface area is 118 Å². The molecule has 0 amide bonds. The molecule has 1 aliphatic carbocycles. The van der Waals surface area contributed by atoms with Crippen LogP contribution in [0.1, 0.15) is 18.4 Å². The topological polar surface area (TPSA) is 83.5 Å². The fourth-order valence-corrected chi connectivity index (χ4v) is 3.62. The number of carbonyl (C=O) groups is 1. The number of hydrogen-bond donors (Lipinski definition) is 2. The lowest BCUT2D eigenvalue weighted by atomic mass is 9.81. The third kappa shape index (κ3) is 3.35. The van der Waals surface area contributed by atoms with E-state index in [2.05, 4.69) is 4.72 Å². The third-order valence-electron chi connectivity index (χ3n) is 3.29. The molecule has 116 valence electrons. The van der Waals surface area contributed by atoms with E-state index in [0.29, 0.717) is 6.07 Å². The maximum Gasteiger partial charge on any atom is 0.417 e. The average molecular weight is 323 g/mol. The summed E-state index contributed by atoms with van der Waals surface area (Å²) in [6.45, 7) is 0. The number of nitrogens with one attached hydrogen (secondary N) is 1. The van der Waals surface area contributed by atoms with Crippen LogP contribution in [-0.4, -0.2) is 25.5 Å². The van der Waals surface area contributed by atoms with E-state index in [1.54, 1.807) is 0 Å². The normalized spacial score (nSPS) is 22.6. The van der Waals surface area contributed by atoms with Crippen molar-refractivity contribution in [2.45, 2.75) is 30.0 Å². The molecule has 1 aromatic rings. The molecule has 0 aliphatic heterocycles. The predicted molar refractivity (Wildman–Crippen MR) is 65.9 cm³/mol. The second kappa shape index (κ2) is 5.30. The first kappa shape index (κ1) is 15.8. The van der Waals surface area contributed by atoms with Crippen LogP contribution in [0.25, 0.3) is 0 Å². The number of alkyl halides is 3. The van der Waals surface area contributed by atoms with Gasteiger partial charge in [0.15, 0.2) is 0 Å². The van der Waals surface area contributed by atoms with Gasteiger partial charge in [-0.15, -0.1) is 0 Å². The molecule has 21 heavy (non-hydrogen) atoms. The first-order chi connectivity index (χ1) is 9.61. The van der Waals surface area contributed by atoms with Crippen LogP contribution in [0.3, 0.4) is 0 Å². The summed E-state index contributed by atoms with van der Waals surface area (Å²) in [5, 5.41) is 8.69. The van der Waals surface area contributed by atoms with Crippen molar-refractivity contribution in [2.24, 2.45) is 5.92 Å². The minimum atomic E-state index is -4.78. The van der Waals surface area contributed by atoms with Crippen LogP contribution in [0.5, 0.6) is 0 Å². The molecule has 0 unspecified atom stereocenters. The van der Waals surface area contributed by atoms with Crippen LogP contribution < -0.4 is 4.72 Å². The van der Waals surface area contributed by atoms with Crippen molar-refractivity contribution in [3.8, 4) is 0 Å². The standard InChI is InChI=1S/C12H12F3NO4S/c13-12(14,15)9-3-1-2-4-10(9)21(19,20)16-8-5-7(6-8)11(17)18/h1-4,7-8,16H,5-6H2,(H,17,18). The Bertz CT molecular complexity index is 651. The molecule has 0 heterocycles. The largest absolute Gasteiger partial charge is 0.481 e. The summed E-state index contributed by atoms with van der Waals surface area (Å²) in [5.74, 6) is -1.70. The van der Waals surface area contributed by atoms with Crippen LogP contribution in [-0.2, 0) is 21.0 Å². The number of aliphatic carboxylic acids is 1. The molecule has 1 fully saturated rings. The van der Waals surface area contributed by atoms with Crippen molar-refractivity contribution >= 4 is 16.0 Å². The maximum absolute atomic E-state index is 12.8. The van der Waals surface area contributed by atoms with Crippen molar-refractivity contribution in [2.75, 3.05) is 0 Å². The molecular weight excluding hydrogens is 311 g/mol. The van der Waals surface area contributed by atoms with E-state index in [0.717, 1.165) is 12.1 Å². The summed E-state index contributed by atoms with van der Waals surface area (Å²) < 4.78 is 64.6. The van der Waals surface area contributed by atoms with E-state index < -0.39 is 44.6 Å². The summed E-state index contributed by atoms with van der Waals surface area (Å²) in [5.41, 5.74) is -1.24. The minimum Gasteiger partial charge on any atom is -0.481 e. The molecule has 0 aromatic heterocycles. The summed E-state index contributed by atoms with van der Waals surface area (Å²) in [6, 6.07) is 3.21. The molecule has 5 nitrogen and oxygen atoms in total. The van der Waals surface area contributed by atoms with Gasteiger partial charge < -0.3 is 5.11 Å². The highest BCUT2D eigenvalue weighted by molar-refractivity contribution is 7.89. The molecule has 9 heteroatoms. The Kier molecular flexibility index (Phi) is 3.98. The Morgan fingerprint density at radius 3 is 2.33 bits per heavy atom. The molecule has 2 rings (SSSR count). The number of benzene rings is 1. The summed E-state index contributed by atoms with van der Waals surface area (Å²) in [4.78, 5) is 9.77. The number of hydrogen-bond acceptors (Lipinski definition) is 3. The van der Waals surface area contributed by atoms with E-state index in [4.69, 9.17) is 5.11 Å². The molecular formula is C12H12F3NO4S. The lowest BCUT2D eigenvalue weighted by Gasteiger charge is -2.32. The zero-order valence-electron chi connectivity index (χ0n) is 10.6. The number of carboxylic acid groups (broad SMARTS) is 1. The van der Waals surface area contributed by atoms with Crippen LogP contribution in [0.2, 0.25) is 0 Å². The molecule has 0 spiro atoms. The van der Waals surface area contributed by atoms with Crippen molar-refractivity contribution < 1.29 is 31.5 Å². The Morgan fingerprint density at radius 1 is 1.24 bits per heavy atom. The third-order valence-corrected chi connectivity index (χ3v) is 4.87. The van der Waals surface area contributed by atoms with E-state index in [9.17, 15) is 26.4 Å². The predicted octanol–water partition coefficient (Wildman–Crippen LogP) is 1.85. The number of halogens is 3. The number of rotatable bonds is 4. The summed E-state index contributed by atoms with van der Waals surface area (Å²) in [6.07, 6.45) is -4.64. The van der Waals surface area contributed by atoms with Gasteiger partial charge in [0.25, 0.3) is 0 Å². The quantitative estimate of drug-likeness (QED) is 0.886. The zero-order chi connectivity index (χ0) is 15.8. The van der Waals surface area contributed by atoms with Crippen molar-refractivity contribution in [1.82, 2.24) is 4.72 Å². The SMILES string of the molecule is O=C(O)C1CC(NS(=O)(=O)c2ccccc2C(F)(F)F)C1. The molecule has 1 aromatic carbocycles. The van der Waals surface area contributed by atoms with Gasteiger partial charge in [0, 0.05) is 6.04 Å². The second-order valence-corrected chi connectivity index (χ2v) is 6.50. The molecule has 0 atom stereocenters. The van der Waals surface area contributed by atoms with Gasteiger partial charge in [-0.25, -0.2) is 13.1 Å². The molecule has 1 aliphatic rings. The van der Waals surface area contributed by atoms with Gasteiger partial charge in [-0.3, -0.25) is 4.79 Å². The molecule has 0 bridgehead atoms. The van der Waals surface area contributed by atoms with E-state index >= 15 is 0 Å². The molecule has 1 saturated carbocycles. The van der Waals surface area contributed by atoms with Gasteiger partial charge in [-0.2, -0.15) is 13.2 Å². The van der Waals surface area contributed by atoms with E-state index in [-0.39, 0.29) is 12.8 Å². The average Bonchev–Trinajstić information content (AvgIpc) is 2.32. The molecule has 0 saturated heterocycles. The lowest BCUT2D eigenvalue weighted by Crippen LogP contribution is -2.46. The second-order valence-electron chi connectivity index (χ2n) is 4.82. The maximum atomic E-state index is 12.8. The Hall–Kier alpha value is -1.61. The van der Waals surface area contributed by atoms with Gasteiger partial charge in [-0.1, -0.05) is 12.1 Å². The highest BCUT2D eigenvalue weighted by Gasteiger charge is 2.40. The minimum absolute atomic E-state index is 0.0722. The van der Waals surface area contributed by atoms with Gasteiger partial charge >= 0.3 is 12.1 Å². The van der Waals surface area contributed by atoms with Crippen LogP contribution in [0.4, 0.5) is 13.2 Å². The first-order valence-electron chi connectivity index (χ1n) is 6.02. The number of sulfonamides is 1. The monoisotopic (exact) mass is 323 g/mol. The van der Waals surface area contributed by atoms with Gasteiger partial charge in [0.1, 0.15) is 0 Å². The summed E-state index contributed by atoms with van der Waals surface area (Å²) >= 11 is 0. The van der Waals surface area contributed by atoms with E-state index in [1.165, 1.54) is 6.07 Å². The fraction of sp³-hybridized carbons (Fsp3) is 0.417. The van der Waals surface area contributed by atoms with Gasteiger partial charge in [-0.05, 0) is 25.0 Å². The van der Waals surface area contributed by atoms with Gasteiger partial charge in [0.2, 0.25) is 10.0 Å². The smallest absolute Gasteiger partial charge is 0.417 e. The van der Waals surface area contributed by atoms with Crippen molar-refractivity contribution in [3.05, 3.63) is 29.8 Å². The Balaban J connectivity index is 2.20. The van der Waals surface area contributed by atoms with Crippen LogP contribution in [0.15, 0.2) is 29.2 Å². The Morgan fingerprint density at radius 2 is 1.81 bits per heavy atom. The van der Waals surface area contributed by atoms with E-state index in [1.807, 2.05) is 0 Å². The van der Waals surface area contributed by atoms with Crippen LogP contribution >= 0.6 is 0 Å². The lowest BCUT2D eigenvalue weighted by molar-refractivity contribution is -0.145. The molecule has 0 radical (unpaired) electrons. The van der Waals surface area contributed by atoms with Crippen molar-refractivity contribution in [3.63, 3.8) is 0 Å². The first-order valence-corrected chi connectivity index (χ1v) is 7.51. The fourth-order valence-electron chi connectivity index (χ4n) is 2.13. The molecule has 2 N–H and O–H groups in total. The van der Waals surface area contributed by atoms with Gasteiger partial charge in [0.05, 0.1) is 16.4 Å².